The number of sulfonamides is 1. The number of rotatable bonds is 28. The van der Waals surface area contributed by atoms with E-state index in [-0.39, 0.29) is 142 Å². The molecule has 40 heteroatoms. The summed E-state index contributed by atoms with van der Waals surface area (Å²) in [5, 5.41) is 33.0. The van der Waals surface area contributed by atoms with E-state index in [2.05, 4.69) is 139 Å². The molecule has 0 spiro atoms. The number of amides is 9. The van der Waals surface area contributed by atoms with E-state index >= 15 is 0 Å². The van der Waals surface area contributed by atoms with Crippen LogP contribution in [0, 0.1) is 27.7 Å². The van der Waals surface area contributed by atoms with Gasteiger partial charge in [0.25, 0.3) is 47.3 Å². The highest BCUT2D eigenvalue weighted by molar-refractivity contribution is 7.88. The Morgan fingerprint density at radius 2 is 0.705 bits per heavy atom. The van der Waals surface area contributed by atoms with Crippen molar-refractivity contribution in [2.75, 3.05) is 93.0 Å². The number of aryl methyl sites for hydroxylation is 4. The second kappa shape index (κ2) is 45.5. The number of aliphatic hydroxyl groups is 1. The molecular formula is C99H136N22O13S5. The van der Waals surface area contributed by atoms with E-state index < -0.39 is 22.0 Å². The smallest absolute Gasteiger partial charge is 0.283 e. The van der Waals surface area contributed by atoms with Crippen molar-refractivity contribution in [2.24, 2.45) is 0 Å². The third-order valence-corrected chi connectivity index (χ3v) is 33.6. The average Bonchev–Trinajstić information content (AvgIpc) is 1.67. The van der Waals surface area contributed by atoms with E-state index in [1.54, 1.807) is 29.7 Å². The fourth-order valence-electron chi connectivity index (χ4n) is 18.3. The summed E-state index contributed by atoms with van der Waals surface area (Å²) in [4.78, 5) is 168. The normalized spacial score (nSPS) is 21.5. The number of likely N-dealkylation sites (tertiary alicyclic amines) is 6. The maximum absolute atomic E-state index is 13.6. The monoisotopic (exact) mass is 2000 g/mol. The largest absolute Gasteiger partial charge is 0.391 e. The van der Waals surface area contributed by atoms with Gasteiger partial charge in [0.1, 0.15) is 46.0 Å². The number of carbonyl (C=O) groups excluding carboxylic acids is 9. The van der Waals surface area contributed by atoms with E-state index in [9.17, 15) is 56.7 Å². The van der Waals surface area contributed by atoms with Crippen LogP contribution in [0.5, 0.6) is 0 Å². The number of thiazole rings is 4. The number of carbonyl (C=O) groups is 9. The van der Waals surface area contributed by atoms with Crippen molar-refractivity contribution in [2.45, 2.75) is 305 Å². The first kappa shape index (κ1) is 104. The Kier molecular flexibility index (Phi) is 34.1. The molecule has 750 valence electrons. The van der Waals surface area contributed by atoms with Crippen LogP contribution < -0.4 is 37.2 Å². The molecule has 0 radical (unpaired) electrons. The van der Waals surface area contributed by atoms with E-state index in [4.69, 9.17) is 4.74 Å². The van der Waals surface area contributed by atoms with Crippen molar-refractivity contribution in [3.8, 4) is 41.8 Å². The second-order valence-corrected chi connectivity index (χ2v) is 44.8. The quantitative estimate of drug-likeness (QED) is 0.0226. The van der Waals surface area contributed by atoms with E-state index in [1.807, 2.05) is 97.2 Å². The van der Waals surface area contributed by atoms with Gasteiger partial charge in [0.2, 0.25) is 15.9 Å². The van der Waals surface area contributed by atoms with Gasteiger partial charge >= 0.3 is 0 Å². The number of hydrogen-bond donors (Lipinski definition) is 8. The zero-order chi connectivity index (χ0) is 99.9. The van der Waals surface area contributed by atoms with Crippen LogP contribution >= 0.6 is 45.3 Å². The molecule has 8 aromatic heterocycles. The lowest BCUT2D eigenvalue weighted by atomic mass is 9.89. The molecule has 12 atom stereocenters. The van der Waals surface area contributed by atoms with Gasteiger partial charge in [0.05, 0.1) is 62.2 Å². The number of aliphatic hydroxyl groups excluding tert-OH is 1. The molecular weight excluding hydrogens is 1870 g/mol. The van der Waals surface area contributed by atoms with E-state index in [0.29, 0.717) is 107 Å². The first-order valence-electron chi connectivity index (χ1n) is 49.2. The molecule has 139 heavy (non-hydrogen) atoms. The molecule has 2 bridgehead atoms. The summed E-state index contributed by atoms with van der Waals surface area (Å²) < 4.78 is 30.5. The zero-order valence-electron chi connectivity index (χ0n) is 83.2. The highest BCUT2D eigenvalue weighted by Gasteiger charge is 2.43. The van der Waals surface area contributed by atoms with Gasteiger partial charge in [-0.25, -0.2) is 48.3 Å². The molecule has 16 heterocycles. The van der Waals surface area contributed by atoms with Gasteiger partial charge in [0, 0.05) is 168 Å². The summed E-state index contributed by atoms with van der Waals surface area (Å²) in [5.74, 6) is 1.38. The molecule has 9 fully saturated rings. The SMILES string of the molecule is CC[C@@H](C)Nc1cc(C)c(-c2sc(C(=O)N3CC4CCC(C3)O4)nc2C(=O)N2CCC[C@@H]2C)cn1.CC[C@@H](C)Nc1cc(C)c(-c2sc(C(=O)NC3CN(C(C)=O)C3)nc2C(=O)N2CCC[C@@H]2C)cn1.CC[C@@H](C)Nc1cc(C)c(-c2sc(C(=O)NC3CN(S(C)(=O)=O)C3)nc2C(=O)N2CCC[C@@H]2C)cn1.CC[C@@H](C)Nc1cc(C)c(-c2sc(C(=O)N[C@H]3CC[C@@H]3O)nc2C(=O)N2CCC[C@@H]2C)cn1. The van der Waals surface area contributed by atoms with Gasteiger partial charge in [-0.05, 0) is 232 Å². The third kappa shape index (κ3) is 24.6. The summed E-state index contributed by atoms with van der Waals surface area (Å²) in [6, 6.07) is 9.03. The van der Waals surface area contributed by atoms with Gasteiger partial charge in [0.15, 0.2) is 20.0 Å². The van der Waals surface area contributed by atoms with Crippen LogP contribution in [-0.4, -0.2) is 297 Å². The van der Waals surface area contributed by atoms with Crippen molar-refractivity contribution in [1.29, 1.82) is 0 Å². The molecule has 8 aliphatic heterocycles. The van der Waals surface area contributed by atoms with Crippen LogP contribution in [0.2, 0.25) is 0 Å². The maximum Gasteiger partial charge on any atom is 0.283 e. The van der Waals surface area contributed by atoms with Crippen molar-refractivity contribution in [3.63, 3.8) is 0 Å². The molecule has 9 amide bonds. The predicted octanol–water partition coefficient (Wildman–Crippen LogP) is 14.0. The number of ether oxygens (including phenoxy) is 1. The third-order valence-electron chi connectivity index (χ3n) is 28.0. The van der Waals surface area contributed by atoms with Gasteiger partial charge in [-0.3, -0.25) is 43.2 Å². The number of pyridine rings is 4. The molecule has 9 aliphatic rings. The second-order valence-electron chi connectivity index (χ2n) is 38.8. The Morgan fingerprint density at radius 3 is 0.964 bits per heavy atom. The van der Waals surface area contributed by atoms with Gasteiger partial charge in [-0.1, -0.05) is 27.7 Å². The van der Waals surface area contributed by atoms with Crippen LogP contribution in [0.15, 0.2) is 49.1 Å². The number of hydrogen-bond acceptors (Lipinski definition) is 29. The van der Waals surface area contributed by atoms with E-state index in [1.165, 1.54) is 56.6 Å². The lowest BCUT2D eigenvalue weighted by molar-refractivity contribution is -0.133. The molecule has 35 nitrogen and oxygen atoms in total. The van der Waals surface area contributed by atoms with Crippen molar-refractivity contribution < 1.29 is 61.4 Å². The number of aromatic nitrogens is 8. The topological polar surface area (TPSA) is 427 Å². The minimum Gasteiger partial charge on any atom is -0.391 e. The Hall–Kier alpha value is -10.6. The average molecular weight is 2000 g/mol. The van der Waals surface area contributed by atoms with Crippen molar-refractivity contribution in [1.82, 2.24) is 89.5 Å². The Bertz CT molecular complexity index is 5940. The van der Waals surface area contributed by atoms with Crippen molar-refractivity contribution >= 4 is 132 Å². The number of nitrogens with zero attached hydrogens (tertiary/aromatic N) is 15. The summed E-state index contributed by atoms with van der Waals surface area (Å²) in [5.41, 5.74) is 8.33. The summed E-state index contributed by atoms with van der Waals surface area (Å²) in [6.45, 7) is 39.9. The highest BCUT2D eigenvalue weighted by Crippen LogP contribution is 2.42. The molecule has 0 aromatic carbocycles. The van der Waals surface area contributed by atoms with Crippen molar-refractivity contribution in [3.05, 3.63) is 114 Å². The fourth-order valence-corrected chi connectivity index (χ4v) is 23.4. The molecule has 1 aliphatic carbocycles. The first-order valence-corrected chi connectivity index (χ1v) is 54.4. The number of anilines is 4. The van der Waals surface area contributed by atoms with Gasteiger partial charge < -0.3 is 76.5 Å². The Morgan fingerprint density at radius 1 is 0.410 bits per heavy atom. The van der Waals surface area contributed by atoms with Crippen LogP contribution in [0.25, 0.3) is 41.8 Å². The van der Waals surface area contributed by atoms with E-state index in [0.717, 1.165) is 182 Å². The molecule has 8 aromatic rings. The zero-order valence-corrected chi connectivity index (χ0v) is 87.3. The fraction of sp³-hybridized carbons (Fsp3) is 0.586. The van der Waals surface area contributed by atoms with Crippen LogP contribution in [0.3, 0.4) is 0 Å². The van der Waals surface area contributed by atoms with Crippen LogP contribution in [-0.2, 0) is 19.6 Å². The molecule has 1 saturated carbocycles. The minimum atomic E-state index is -3.28. The molecule has 17 rings (SSSR count). The van der Waals surface area contributed by atoms with Gasteiger partial charge in [-0.2, -0.15) is 4.31 Å². The van der Waals surface area contributed by atoms with Gasteiger partial charge in [-0.15, -0.1) is 45.3 Å². The molecule has 8 N–H and O–H groups in total. The van der Waals surface area contributed by atoms with Crippen LogP contribution in [0.4, 0.5) is 23.3 Å². The molecule has 8 saturated heterocycles. The number of morpholine rings is 1. The Balaban J connectivity index is 0.000000148. The first-order chi connectivity index (χ1) is 66.3. The standard InChI is InChI=1S/C26H35N5O3S.C25H34N6O3S.C24H34N6O4S2.C24H33N5O3S/c1-5-16(3)28-21-11-15(2)20(12-27-21)23-22(25(32)31-10-6-7-17(31)4)29-24(35-23)26(33)30-13-18-8-9-19(14-30)34-18;1-6-15(3)27-20-10-14(2)19(11-26-20)22-21(25(34)31-9-7-8-16(31)4)29-24(35-22)23(33)28-18-12-30(13-18)17(5)32;1-6-15(3)26-19-10-14(2)18(11-25-19)21-20(24(32)30-9-7-8-16(30)4)28-23(35-21)22(31)27-17-12-29(13-17)36(5,33)34;1-5-14(3)26-19-11-13(2)16(12-25-19)21-20(24(32)29-10-6-7-15(29)4)28-23(33-21)22(31)27-17-8-9-18(17)30/h11-12,16-19H,5-10,13-14H2,1-4H3,(H,27,28);10-11,15-16,18H,6-9,12-13H2,1-5H3,(H,26,27)(H,28,33);10-11,15-17H,6-9,12-13H2,1-5H3,(H,25,26)(H,27,31);11-12,14-15,17-18,30H,5-10H2,1-4H3,(H,25,26)(H,27,31)/t16-,17+,18?,19?;2*15-,16+;14-,15+,17+,18+/m1111/s1. The summed E-state index contributed by atoms with van der Waals surface area (Å²) >= 11 is 4.91. The van der Waals surface area contributed by atoms with Crippen LogP contribution in [0.1, 0.15) is 296 Å². The highest BCUT2D eigenvalue weighted by atomic mass is 32.2. The lowest BCUT2D eigenvalue weighted by Crippen LogP contribution is -2.60. The predicted molar refractivity (Wildman–Crippen MR) is 544 cm³/mol. The summed E-state index contributed by atoms with van der Waals surface area (Å²) in [7, 11) is -3.28. The number of fused-ring (bicyclic) bond motifs is 2. The Labute approximate surface area is 831 Å². The molecule has 2 unspecified atom stereocenters. The maximum atomic E-state index is 13.6. The minimum absolute atomic E-state index is 0.00566. The number of nitrogens with one attached hydrogen (secondary N) is 7. The summed E-state index contributed by atoms with van der Waals surface area (Å²) in [6.07, 6.45) is 23.0. The lowest BCUT2D eigenvalue weighted by Gasteiger charge is -2.38.